The molecule has 2 rings (SSSR count). The predicted molar refractivity (Wildman–Crippen MR) is 60.1 cm³/mol. The van der Waals surface area contributed by atoms with E-state index in [1.165, 1.54) is 23.7 Å². The average Bonchev–Trinajstić information content (AvgIpc) is 2.23. The fourth-order valence-electron chi connectivity index (χ4n) is 1.89. The zero-order valence-electron chi connectivity index (χ0n) is 8.23. The second-order valence-corrected chi connectivity index (χ2v) is 6.58. The summed E-state index contributed by atoms with van der Waals surface area (Å²) in [5.74, 6) is 0. The van der Waals surface area contributed by atoms with Crippen LogP contribution in [-0.4, -0.2) is 26.2 Å². The Kier molecular flexibility index (Phi) is 3.63. The van der Waals surface area contributed by atoms with E-state index in [0.717, 1.165) is 6.42 Å². The molecule has 0 amide bonds. The van der Waals surface area contributed by atoms with Crippen molar-refractivity contribution in [1.29, 1.82) is 0 Å². The van der Waals surface area contributed by atoms with Gasteiger partial charge in [0.2, 0.25) is 0 Å². The Morgan fingerprint density at radius 1 is 1.07 bits per heavy atom. The zero-order valence-corrected chi connectivity index (χ0v) is 9.94. The summed E-state index contributed by atoms with van der Waals surface area (Å²) in [5.41, 5.74) is 0. The first-order valence-corrected chi connectivity index (χ1v) is 7.10. The van der Waals surface area contributed by atoms with Crippen LogP contribution in [0.2, 0.25) is 4.82 Å². The van der Waals surface area contributed by atoms with E-state index < -0.39 is 0 Å². The maximum absolute atomic E-state index is 9.85. The molecule has 1 aliphatic rings. The summed E-state index contributed by atoms with van der Waals surface area (Å²) in [6.45, 7) is 0. The van der Waals surface area contributed by atoms with E-state index in [0.29, 0.717) is 19.8 Å². The van der Waals surface area contributed by atoms with E-state index in [4.69, 9.17) is 0 Å². The Hall–Kier alpha value is -0.301. The molecule has 1 aromatic carbocycles. The van der Waals surface area contributed by atoms with Crippen molar-refractivity contribution in [2.24, 2.45) is 0 Å². The normalized spacial score (nSPS) is 27.5. The van der Waals surface area contributed by atoms with Crippen molar-refractivity contribution in [2.75, 3.05) is 0 Å². The molecule has 0 saturated heterocycles. The molecule has 14 heavy (non-hydrogen) atoms. The van der Waals surface area contributed by atoms with Crippen molar-refractivity contribution < 1.29 is 5.11 Å². The van der Waals surface area contributed by atoms with Gasteiger partial charge in [-0.05, 0) is 0 Å². The van der Waals surface area contributed by atoms with E-state index in [-0.39, 0.29) is 6.10 Å². The molecule has 76 valence electrons. The maximum atomic E-state index is 9.85. The third kappa shape index (κ3) is 2.60. The molecule has 0 aliphatic heterocycles. The molecule has 1 N–H and O–H groups in total. The molecule has 0 bridgehead atoms. The Morgan fingerprint density at radius 3 is 2.50 bits per heavy atom. The molecular formula is C12H16OSe. The van der Waals surface area contributed by atoms with Gasteiger partial charge >= 0.3 is 91.5 Å². The van der Waals surface area contributed by atoms with Crippen molar-refractivity contribution in [1.82, 2.24) is 0 Å². The van der Waals surface area contributed by atoms with Gasteiger partial charge in [-0.1, -0.05) is 0 Å². The second-order valence-electron chi connectivity index (χ2n) is 3.82. The van der Waals surface area contributed by atoms with Crippen molar-refractivity contribution >= 4 is 19.4 Å². The average molecular weight is 255 g/mol. The fraction of sp³-hybridized carbons (Fsp3) is 0.500. The van der Waals surface area contributed by atoms with Gasteiger partial charge in [-0.15, -0.1) is 0 Å². The summed E-state index contributed by atoms with van der Waals surface area (Å²) in [6, 6.07) is 10.6. The van der Waals surface area contributed by atoms with E-state index in [2.05, 4.69) is 30.3 Å². The van der Waals surface area contributed by atoms with Gasteiger partial charge in [-0.2, -0.15) is 0 Å². The van der Waals surface area contributed by atoms with Crippen LogP contribution in [0.15, 0.2) is 30.3 Å². The van der Waals surface area contributed by atoms with Crippen molar-refractivity contribution in [2.45, 2.75) is 36.6 Å². The molecule has 0 spiro atoms. The first-order chi connectivity index (χ1) is 6.86. The van der Waals surface area contributed by atoms with Crippen LogP contribution >= 0.6 is 0 Å². The van der Waals surface area contributed by atoms with Gasteiger partial charge in [0.15, 0.2) is 0 Å². The first kappa shape index (κ1) is 10.2. The van der Waals surface area contributed by atoms with E-state index in [1.807, 2.05) is 0 Å². The Bertz CT molecular complexity index is 273. The molecule has 1 saturated carbocycles. The van der Waals surface area contributed by atoms with Crippen molar-refractivity contribution in [3.8, 4) is 0 Å². The van der Waals surface area contributed by atoms with Crippen LogP contribution in [0, 0.1) is 0 Å². The number of hydrogen-bond acceptors (Lipinski definition) is 1. The van der Waals surface area contributed by atoms with Crippen molar-refractivity contribution in [3.63, 3.8) is 0 Å². The van der Waals surface area contributed by atoms with Gasteiger partial charge in [0, 0.05) is 0 Å². The van der Waals surface area contributed by atoms with Crippen molar-refractivity contribution in [3.05, 3.63) is 30.3 Å². The van der Waals surface area contributed by atoms with E-state index in [9.17, 15) is 5.11 Å². The second kappa shape index (κ2) is 4.97. The topological polar surface area (TPSA) is 20.2 Å². The summed E-state index contributed by atoms with van der Waals surface area (Å²) in [5, 5.41) is 9.85. The minimum atomic E-state index is -0.0380. The Morgan fingerprint density at radius 2 is 1.79 bits per heavy atom. The van der Waals surface area contributed by atoms with Crippen LogP contribution in [0.25, 0.3) is 0 Å². The molecule has 2 atom stereocenters. The van der Waals surface area contributed by atoms with Gasteiger partial charge in [0.05, 0.1) is 0 Å². The number of aliphatic hydroxyl groups is 1. The summed E-state index contributed by atoms with van der Waals surface area (Å²) in [4.78, 5) is 0.554. The molecule has 1 nitrogen and oxygen atoms in total. The molecule has 0 radical (unpaired) electrons. The van der Waals surface area contributed by atoms with Gasteiger partial charge in [-0.3, -0.25) is 0 Å². The summed E-state index contributed by atoms with van der Waals surface area (Å²) < 4.78 is 1.42. The first-order valence-electron chi connectivity index (χ1n) is 5.26. The zero-order chi connectivity index (χ0) is 9.80. The summed E-state index contributed by atoms with van der Waals surface area (Å²) in [7, 11) is 0. The van der Waals surface area contributed by atoms with Crippen LogP contribution < -0.4 is 4.46 Å². The van der Waals surface area contributed by atoms with E-state index in [1.54, 1.807) is 0 Å². The molecule has 2 heteroatoms. The molecular weight excluding hydrogens is 239 g/mol. The Labute approximate surface area is 91.7 Å². The number of benzene rings is 1. The van der Waals surface area contributed by atoms with Crippen LogP contribution in [0.3, 0.4) is 0 Å². The molecule has 1 aromatic rings. The monoisotopic (exact) mass is 256 g/mol. The summed E-state index contributed by atoms with van der Waals surface area (Å²) >= 11 is 0.459. The molecule has 1 fully saturated rings. The van der Waals surface area contributed by atoms with Gasteiger partial charge in [-0.25, -0.2) is 0 Å². The van der Waals surface area contributed by atoms with Gasteiger partial charge < -0.3 is 0 Å². The van der Waals surface area contributed by atoms with E-state index >= 15 is 0 Å². The van der Waals surface area contributed by atoms with Gasteiger partial charge in [0.1, 0.15) is 0 Å². The minimum absolute atomic E-state index is 0.0380. The number of hydrogen-bond donors (Lipinski definition) is 1. The Balaban J connectivity index is 1.96. The predicted octanol–water partition coefficient (Wildman–Crippen LogP) is 1.74. The third-order valence-corrected chi connectivity index (χ3v) is 5.63. The van der Waals surface area contributed by atoms with Crippen LogP contribution in [-0.2, 0) is 0 Å². The third-order valence-electron chi connectivity index (χ3n) is 2.70. The fourth-order valence-corrected chi connectivity index (χ4v) is 4.49. The quantitative estimate of drug-likeness (QED) is 0.798. The molecule has 0 unspecified atom stereocenters. The standard InChI is InChI=1S/C12H16OSe/c13-11-8-4-5-9-12(11)14-10-6-2-1-3-7-10/h1-3,6-7,11-13H,4-5,8-9H2/t11-,12+/m0/s1. The summed E-state index contributed by atoms with van der Waals surface area (Å²) in [6.07, 6.45) is 4.71. The molecule has 1 aliphatic carbocycles. The molecule has 0 heterocycles. The SMILES string of the molecule is O[C@H]1CCCC[C@H]1[Se]c1ccccc1. The number of aliphatic hydroxyl groups excluding tert-OH is 1. The van der Waals surface area contributed by atoms with Crippen LogP contribution in [0.1, 0.15) is 25.7 Å². The van der Waals surface area contributed by atoms with Gasteiger partial charge in [0.25, 0.3) is 0 Å². The van der Waals surface area contributed by atoms with Crippen LogP contribution in [0.4, 0.5) is 0 Å². The number of rotatable bonds is 2. The van der Waals surface area contributed by atoms with Crippen LogP contribution in [0.5, 0.6) is 0 Å². The molecule has 0 aromatic heterocycles.